The summed E-state index contributed by atoms with van der Waals surface area (Å²) < 4.78 is 0. The maximum absolute atomic E-state index is 11.7. The van der Waals surface area contributed by atoms with Crippen LogP contribution in [0.2, 0.25) is 0 Å². The van der Waals surface area contributed by atoms with Gasteiger partial charge in [0, 0.05) is 38.1 Å². The zero-order chi connectivity index (χ0) is 11.4. The Morgan fingerprint density at radius 3 is 2.56 bits per heavy atom. The molecule has 2 aliphatic rings. The van der Waals surface area contributed by atoms with E-state index < -0.39 is 0 Å². The molecule has 0 atom stereocenters. The lowest BCUT2D eigenvalue weighted by atomic mass is 9.95. The summed E-state index contributed by atoms with van der Waals surface area (Å²) in [6.07, 6.45) is 6.83. The molecule has 1 saturated carbocycles. The summed E-state index contributed by atoms with van der Waals surface area (Å²) in [6, 6.07) is 0.779. The van der Waals surface area contributed by atoms with Crippen LogP contribution in [0.5, 0.6) is 0 Å². The van der Waals surface area contributed by atoms with Gasteiger partial charge in [0.25, 0.3) is 0 Å². The molecular formula is C12H23N3O. The Labute approximate surface area is 97.6 Å². The van der Waals surface area contributed by atoms with Gasteiger partial charge in [-0.05, 0) is 12.8 Å². The summed E-state index contributed by atoms with van der Waals surface area (Å²) >= 11 is 0. The summed E-state index contributed by atoms with van der Waals surface area (Å²) in [6.45, 7) is 2.78. The first-order valence-electron chi connectivity index (χ1n) is 6.51. The standard InChI is InChI=1S/C12H23N3O/c13-10-8-15(9-10)7-6-12(16)14-11-4-2-1-3-5-11/h10-11H,1-9,13H2,(H,14,16). The van der Waals surface area contributed by atoms with E-state index in [2.05, 4.69) is 10.2 Å². The normalized spacial score (nSPS) is 24.1. The lowest BCUT2D eigenvalue weighted by molar-refractivity contribution is -0.122. The van der Waals surface area contributed by atoms with Crippen molar-refractivity contribution in [2.45, 2.75) is 50.6 Å². The predicted octanol–water partition coefficient (Wildman–Crippen LogP) is 0.468. The molecule has 4 nitrogen and oxygen atoms in total. The van der Waals surface area contributed by atoms with Crippen molar-refractivity contribution >= 4 is 5.91 Å². The Morgan fingerprint density at radius 1 is 1.25 bits per heavy atom. The Bertz CT molecular complexity index is 232. The van der Waals surface area contributed by atoms with Gasteiger partial charge < -0.3 is 11.1 Å². The largest absolute Gasteiger partial charge is 0.353 e. The quantitative estimate of drug-likeness (QED) is 0.731. The second kappa shape index (κ2) is 5.64. The Morgan fingerprint density at radius 2 is 1.94 bits per heavy atom. The van der Waals surface area contributed by atoms with Crippen molar-refractivity contribution in [2.75, 3.05) is 19.6 Å². The maximum Gasteiger partial charge on any atom is 0.221 e. The zero-order valence-electron chi connectivity index (χ0n) is 9.95. The first kappa shape index (κ1) is 11.9. The van der Waals surface area contributed by atoms with E-state index in [0.717, 1.165) is 19.6 Å². The number of nitrogens with one attached hydrogen (secondary N) is 1. The van der Waals surface area contributed by atoms with Gasteiger partial charge >= 0.3 is 0 Å². The second-order valence-corrected chi connectivity index (χ2v) is 5.17. The molecule has 3 N–H and O–H groups in total. The number of nitrogens with two attached hydrogens (primary N) is 1. The van der Waals surface area contributed by atoms with Crippen molar-refractivity contribution < 1.29 is 4.79 Å². The van der Waals surface area contributed by atoms with Crippen LogP contribution in [0.1, 0.15) is 38.5 Å². The van der Waals surface area contributed by atoms with Crippen molar-refractivity contribution in [3.8, 4) is 0 Å². The molecule has 0 spiro atoms. The fraction of sp³-hybridized carbons (Fsp3) is 0.917. The van der Waals surface area contributed by atoms with E-state index in [-0.39, 0.29) is 5.91 Å². The maximum atomic E-state index is 11.7. The topological polar surface area (TPSA) is 58.4 Å². The highest BCUT2D eigenvalue weighted by atomic mass is 16.1. The fourth-order valence-corrected chi connectivity index (χ4v) is 2.60. The number of hydrogen-bond donors (Lipinski definition) is 2. The van der Waals surface area contributed by atoms with Gasteiger partial charge in [0.15, 0.2) is 0 Å². The van der Waals surface area contributed by atoms with Gasteiger partial charge in [0.1, 0.15) is 0 Å². The summed E-state index contributed by atoms with van der Waals surface area (Å²) in [7, 11) is 0. The van der Waals surface area contributed by atoms with Crippen LogP contribution in [0, 0.1) is 0 Å². The second-order valence-electron chi connectivity index (χ2n) is 5.17. The highest BCUT2D eigenvalue weighted by Crippen LogP contribution is 2.17. The number of rotatable bonds is 4. The fourth-order valence-electron chi connectivity index (χ4n) is 2.60. The third-order valence-corrected chi connectivity index (χ3v) is 3.61. The first-order chi connectivity index (χ1) is 7.74. The minimum Gasteiger partial charge on any atom is -0.353 e. The van der Waals surface area contributed by atoms with Gasteiger partial charge in [-0.2, -0.15) is 0 Å². The lowest BCUT2D eigenvalue weighted by Gasteiger charge is -2.36. The monoisotopic (exact) mass is 225 g/mol. The van der Waals surface area contributed by atoms with Crippen molar-refractivity contribution in [2.24, 2.45) is 5.73 Å². The summed E-state index contributed by atoms with van der Waals surface area (Å²) in [5.41, 5.74) is 5.68. The third-order valence-electron chi connectivity index (χ3n) is 3.61. The number of hydrogen-bond acceptors (Lipinski definition) is 3. The van der Waals surface area contributed by atoms with Gasteiger partial charge in [0.2, 0.25) is 5.91 Å². The molecule has 0 bridgehead atoms. The van der Waals surface area contributed by atoms with E-state index in [1.165, 1.54) is 32.1 Å². The first-order valence-corrected chi connectivity index (χ1v) is 6.51. The van der Waals surface area contributed by atoms with Crippen LogP contribution in [-0.2, 0) is 4.79 Å². The molecule has 0 unspecified atom stereocenters. The third kappa shape index (κ3) is 3.46. The molecule has 16 heavy (non-hydrogen) atoms. The minimum absolute atomic E-state index is 0.215. The summed E-state index contributed by atoms with van der Waals surface area (Å²) in [5.74, 6) is 0.215. The predicted molar refractivity (Wildman–Crippen MR) is 64.0 cm³/mol. The van der Waals surface area contributed by atoms with E-state index in [4.69, 9.17) is 5.73 Å². The van der Waals surface area contributed by atoms with Crippen molar-refractivity contribution in [3.63, 3.8) is 0 Å². The number of carbonyl (C=O) groups excluding carboxylic acids is 1. The van der Waals surface area contributed by atoms with Gasteiger partial charge in [-0.1, -0.05) is 19.3 Å². The van der Waals surface area contributed by atoms with Crippen LogP contribution < -0.4 is 11.1 Å². The highest BCUT2D eigenvalue weighted by Gasteiger charge is 2.23. The molecule has 1 aliphatic heterocycles. The molecule has 1 aliphatic carbocycles. The Balaban J connectivity index is 1.57. The molecular weight excluding hydrogens is 202 g/mol. The summed E-state index contributed by atoms with van der Waals surface area (Å²) in [4.78, 5) is 13.9. The number of amides is 1. The van der Waals surface area contributed by atoms with E-state index >= 15 is 0 Å². The SMILES string of the molecule is NC1CN(CCC(=O)NC2CCCCC2)C1. The summed E-state index contributed by atoms with van der Waals surface area (Å²) in [5, 5.41) is 3.14. The van der Waals surface area contributed by atoms with Crippen molar-refractivity contribution in [3.05, 3.63) is 0 Å². The molecule has 92 valence electrons. The molecule has 2 rings (SSSR count). The molecule has 0 radical (unpaired) electrons. The van der Waals surface area contributed by atoms with Crippen LogP contribution in [0.3, 0.4) is 0 Å². The lowest BCUT2D eigenvalue weighted by Crippen LogP contribution is -2.56. The van der Waals surface area contributed by atoms with E-state index in [0.29, 0.717) is 18.5 Å². The Kier molecular flexibility index (Phi) is 4.18. The number of nitrogens with zero attached hydrogens (tertiary/aromatic N) is 1. The van der Waals surface area contributed by atoms with Crippen LogP contribution >= 0.6 is 0 Å². The van der Waals surface area contributed by atoms with Crippen LogP contribution in [0.4, 0.5) is 0 Å². The van der Waals surface area contributed by atoms with Gasteiger partial charge in [-0.3, -0.25) is 9.69 Å². The van der Waals surface area contributed by atoms with Gasteiger partial charge in [-0.25, -0.2) is 0 Å². The van der Waals surface area contributed by atoms with E-state index in [1.54, 1.807) is 0 Å². The molecule has 4 heteroatoms. The van der Waals surface area contributed by atoms with Crippen LogP contribution in [0.25, 0.3) is 0 Å². The molecule has 1 amide bonds. The van der Waals surface area contributed by atoms with Crippen molar-refractivity contribution in [1.82, 2.24) is 10.2 Å². The average molecular weight is 225 g/mol. The molecule has 0 aromatic rings. The van der Waals surface area contributed by atoms with Crippen LogP contribution in [0.15, 0.2) is 0 Å². The number of likely N-dealkylation sites (tertiary alicyclic amines) is 1. The minimum atomic E-state index is 0.215. The molecule has 1 saturated heterocycles. The smallest absolute Gasteiger partial charge is 0.221 e. The molecule has 1 heterocycles. The zero-order valence-corrected chi connectivity index (χ0v) is 9.95. The number of carbonyl (C=O) groups is 1. The van der Waals surface area contributed by atoms with E-state index in [9.17, 15) is 4.79 Å². The highest BCUT2D eigenvalue weighted by molar-refractivity contribution is 5.76. The molecule has 2 fully saturated rings. The van der Waals surface area contributed by atoms with E-state index in [1.807, 2.05) is 0 Å². The average Bonchev–Trinajstić information content (AvgIpc) is 2.24. The van der Waals surface area contributed by atoms with Gasteiger partial charge in [-0.15, -0.1) is 0 Å². The molecule has 0 aromatic carbocycles. The Hall–Kier alpha value is -0.610. The van der Waals surface area contributed by atoms with Crippen LogP contribution in [-0.4, -0.2) is 42.5 Å². The van der Waals surface area contributed by atoms with Gasteiger partial charge in [0.05, 0.1) is 0 Å². The molecule has 0 aromatic heterocycles. The van der Waals surface area contributed by atoms with Crippen molar-refractivity contribution in [1.29, 1.82) is 0 Å².